The minimum atomic E-state index is 0. The second kappa shape index (κ2) is 7.05. The molecule has 0 amide bonds. The second-order valence-corrected chi connectivity index (χ2v) is 5.74. The summed E-state index contributed by atoms with van der Waals surface area (Å²) in [6.07, 6.45) is 9.26. The topological polar surface area (TPSA) is 56.9 Å². The van der Waals surface area contributed by atoms with Crippen LogP contribution in [-0.4, -0.2) is 26.7 Å². The molecule has 0 atom stereocenters. The summed E-state index contributed by atoms with van der Waals surface area (Å²) in [6.45, 7) is 2.81. The number of anilines is 1. The van der Waals surface area contributed by atoms with Gasteiger partial charge >= 0.3 is 0 Å². The maximum atomic E-state index is 5.26. The summed E-state index contributed by atoms with van der Waals surface area (Å²) in [4.78, 5) is 0. The zero-order chi connectivity index (χ0) is 14.8. The van der Waals surface area contributed by atoms with Crippen LogP contribution >= 0.6 is 12.4 Å². The van der Waals surface area contributed by atoms with E-state index in [2.05, 4.69) is 33.3 Å². The highest BCUT2D eigenvalue weighted by atomic mass is 35.5. The van der Waals surface area contributed by atoms with Gasteiger partial charge in [0.25, 0.3) is 5.88 Å². The van der Waals surface area contributed by atoms with E-state index in [9.17, 15) is 0 Å². The average Bonchev–Trinajstić information content (AvgIpc) is 3.16. The number of aryl methyl sites for hydroxylation is 2. The zero-order valence-electron chi connectivity index (χ0n) is 13.4. The summed E-state index contributed by atoms with van der Waals surface area (Å²) >= 11 is 0. The van der Waals surface area contributed by atoms with Crippen LogP contribution in [0.15, 0.2) is 12.4 Å². The van der Waals surface area contributed by atoms with Crippen molar-refractivity contribution in [2.75, 3.05) is 12.4 Å². The lowest BCUT2D eigenvalue weighted by Crippen LogP contribution is -2.05. The minimum absolute atomic E-state index is 0. The van der Waals surface area contributed by atoms with Crippen LogP contribution in [0.2, 0.25) is 0 Å². The number of hydrogen-bond acceptors (Lipinski definition) is 4. The molecule has 1 aliphatic rings. The van der Waals surface area contributed by atoms with E-state index in [1.807, 2.05) is 13.2 Å². The summed E-state index contributed by atoms with van der Waals surface area (Å²) in [5.74, 6) is 0.623. The maximum Gasteiger partial charge on any atom is 0.256 e. The number of rotatable bonds is 5. The van der Waals surface area contributed by atoms with E-state index < -0.39 is 0 Å². The number of halogens is 1. The molecule has 1 N–H and O–H groups in total. The van der Waals surface area contributed by atoms with Gasteiger partial charge in [0, 0.05) is 25.4 Å². The van der Waals surface area contributed by atoms with E-state index >= 15 is 0 Å². The number of nitrogens with zero attached hydrogens (tertiary/aromatic N) is 4. The normalized spacial score (nSPS) is 14.9. The summed E-state index contributed by atoms with van der Waals surface area (Å²) in [7, 11) is 3.52. The highest BCUT2D eigenvalue weighted by molar-refractivity contribution is 5.85. The van der Waals surface area contributed by atoms with Crippen molar-refractivity contribution in [2.45, 2.75) is 45.2 Å². The molecule has 0 aliphatic heterocycles. The smallest absolute Gasteiger partial charge is 0.256 e. The van der Waals surface area contributed by atoms with Crippen LogP contribution in [0.25, 0.3) is 0 Å². The van der Waals surface area contributed by atoms with E-state index in [1.54, 1.807) is 11.8 Å². The Morgan fingerprint density at radius 3 is 2.68 bits per heavy atom. The van der Waals surface area contributed by atoms with Crippen molar-refractivity contribution >= 4 is 18.1 Å². The van der Waals surface area contributed by atoms with Crippen LogP contribution in [0.3, 0.4) is 0 Å². The summed E-state index contributed by atoms with van der Waals surface area (Å²) < 4.78 is 9.15. The molecule has 3 rings (SSSR count). The molecule has 6 nitrogen and oxygen atoms in total. The largest absolute Gasteiger partial charge is 0.478 e. The van der Waals surface area contributed by atoms with E-state index in [0.29, 0.717) is 11.9 Å². The van der Waals surface area contributed by atoms with Crippen molar-refractivity contribution in [1.82, 2.24) is 19.6 Å². The third kappa shape index (κ3) is 3.38. The molecule has 7 heteroatoms. The van der Waals surface area contributed by atoms with Gasteiger partial charge in [-0.05, 0) is 19.8 Å². The van der Waals surface area contributed by atoms with Gasteiger partial charge in [0.15, 0.2) is 0 Å². The lowest BCUT2D eigenvalue weighted by Gasteiger charge is -2.08. The van der Waals surface area contributed by atoms with Gasteiger partial charge in [0.05, 0.1) is 25.0 Å². The molecule has 0 spiro atoms. The van der Waals surface area contributed by atoms with Crippen LogP contribution in [-0.2, 0) is 13.6 Å². The molecule has 2 aromatic heterocycles. The SMILES string of the molecule is COc1nn(C)cc1NCc1cn(C2CCCC2)nc1C.Cl. The van der Waals surface area contributed by atoms with Gasteiger partial charge in [0.2, 0.25) is 0 Å². The van der Waals surface area contributed by atoms with Crippen molar-refractivity contribution < 1.29 is 4.74 Å². The number of ether oxygens (including phenoxy) is 1. The molecule has 0 radical (unpaired) electrons. The van der Waals surface area contributed by atoms with Gasteiger partial charge in [0.1, 0.15) is 5.69 Å². The van der Waals surface area contributed by atoms with Crippen LogP contribution in [0.5, 0.6) is 5.88 Å². The lowest BCUT2D eigenvalue weighted by atomic mass is 10.2. The fourth-order valence-corrected chi connectivity index (χ4v) is 2.98. The molecular formula is C15H24ClN5O. The van der Waals surface area contributed by atoms with Gasteiger partial charge in [-0.25, -0.2) is 0 Å². The summed E-state index contributed by atoms with van der Waals surface area (Å²) in [5.41, 5.74) is 3.23. The molecule has 122 valence electrons. The number of nitrogens with one attached hydrogen (secondary N) is 1. The molecule has 0 bridgehead atoms. The highest BCUT2D eigenvalue weighted by Crippen LogP contribution is 2.29. The molecule has 1 aliphatic carbocycles. The monoisotopic (exact) mass is 325 g/mol. The molecule has 0 saturated heterocycles. The van der Waals surface area contributed by atoms with Crippen molar-refractivity contribution in [3.63, 3.8) is 0 Å². The first kappa shape index (κ1) is 16.7. The van der Waals surface area contributed by atoms with Gasteiger partial charge in [-0.2, -0.15) is 5.10 Å². The third-order valence-corrected chi connectivity index (χ3v) is 4.17. The van der Waals surface area contributed by atoms with Crippen molar-refractivity contribution in [1.29, 1.82) is 0 Å². The molecule has 1 saturated carbocycles. The van der Waals surface area contributed by atoms with Gasteiger partial charge in [-0.15, -0.1) is 17.5 Å². The van der Waals surface area contributed by atoms with Crippen LogP contribution in [0.1, 0.15) is 43.0 Å². The van der Waals surface area contributed by atoms with Crippen molar-refractivity contribution in [2.24, 2.45) is 7.05 Å². The Morgan fingerprint density at radius 2 is 2.00 bits per heavy atom. The Kier molecular flexibility index (Phi) is 5.34. The lowest BCUT2D eigenvalue weighted by molar-refractivity contribution is 0.393. The first-order chi connectivity index (χ1) is 10.2. The zero-order valence-corrected chi connectivity index (χ0v) is 14.2. The minimum Gasteiger partial charge on any atom is -0.478 e. The Bertz CT molecular complexity index is 615. The quantitative estimate of drug-likeness (QED) is 0.917. The number of methoxy groups -OCH3 is 1. The van der Waals surface area contributed by atoms with E-state index in [-0.39, 0.29) is 12.4 Å². The van der Waals surface area contributed by atoms with E-state index in [1.165, 1.54) is 31.2 Å². The van der Waals surface area contributed by atoms with Crippen molar-refractivity contribution in [3.8, 4) is 5.88 Å². The first-order valence-electron chi connectivity index (χ1n) is 7.53. The summed E-state index contributed by atoms with van der Waals surface area (Å²) in [6, 6.07) is 0.588. The third-order valence-electron chi connectivity index (χ3n) is 4.17. The molecule has 22 heavy (non-hydrogen) atoms. The molecule has 1 fully saturated rings. The van der Waals surface area contributed by atoms with Gasteiger partial charge in [-0.1, -0.05) is 12.8 Å². The first-order valence-corrected chi connectivity index (χ1v) is 7.53. The Balaban J connectivity index is 0.00000176. The maximum absolute atomic E-state index is 5.26. The Morgan fingerprint density at radius 1 is 1.27 bits per heavy atom. The van der Waals surface area contributed by atoms with Gasteiger partial charge < -0.3 is 10.1 Å². The van der Waals surface area contributed by atoms with Crippen LogP contribution in [0, 0.1) is 6.92 Å². The standard InChI is InChI=1S/C15H23N5O.ClH/c1-11-12(9-20(17-11)13-6-4-5-7-13)8-16-14-10-19(2)18-15(14)21-3;/h9-10,13,16H,4-8H2,1-3H3;1H. The predicted octanol–water partition coefficient (Wildman–Crippen LogP) is 3.08. The highest BCUT2D eigenvalue weighted by Gasteiger charge is 2.19. The van der Waals surface area contributed by atoms with Gasteiger partial charge in [-0.3, -0.25) is 9.36 Å². The predicted molar refractivity (Wildman–Crippen MR) is 88.8 cm³/mol. The molecule has 2 aromatic rings. The molecule has 0 aromatic carbocycles. The Hall–Kier alpha value is -1.69. The number of aromatic nitrogens is 4. The van der Waals surface area contributed by atoms with Crippen LogP contribution < -0.4 is 10.1 Å². The molecule has 0 unspecified atom stereocenters. The van der Waals surface area contributed by atoms with Crippen molar-refractivity contribution in [3.05, 3.63) is 23.7 Å². The number of hydrogen-bond donors (Lipinski definition) is 1. The fourth-order valence-electron chi connectivity index (χ4n) is 2.98. The van der Waals surface area contributed by atoms with E-state index in [4.69, 9.17) is 4.74 Å². The second-order valence-electron chi connectivity index (χ2n) is 5.74. The summed E-state index contributed by atoms with van der Waals surface area (Å²) in [5, 5.41) is 12.3. The van der Waals surface area contributed by atoms with E-state index in [0.717, 1.165) is 17.9 Å². The molecule has 2 heterocycles. The Labute approximate surface area is 137 Å². The fraction of sp³-hybridized carbons (Fsp3) is 0.600. The molecular weight excluding hydrogens is 302 g/mol. The van der Waals surface area contributed by atoms with Crippen LogP contribution in [0.4, 0.5) is 5.69 Å². The average molecular weight is 326 g/mol.